The van der Waals surface area contributed by atoms with Gasteiger partial charge in [0.15, 0.2) is 11.8 Å². The average molecular weight is 418 g/mol. The molecule has 30 heavy (non-hydrogen) atoms. The molecule has 3 rings (SSSR count). The van der Waals surface area contributed by atoms with E-state index in [9.17, 15) is 14.0 Å². The molecule has 0 radical (unpaired) electrons. The molecule has 0 aliphatic carbocycles. The minimum atomic E-state index is -0.254. The molecular weight excluding hydrogens is 385 g/mol. The van der Waals surface area contributed by atoms with Crippen LogP contribution in [0.1, 0.15) is 51.5 Å². The summed E-state index contributed by atoms with van der Waals surface area (Å²) in [6.45, 7) is 11.4. The Morgan fingerprint density at radius 3 is 2.43 bits per heavy atom. The first kappa shape index (κ1) is 22.2. The largest absolute Gasteiger partial charge is 0.496 e. The van der Waals surface area contributed by atoms with Gasteiger partial charge in [0, 0.05) is 11.3 Å². The fourth-order valence-electron chi connectivity index (χ4n) is 4.62. The Kier molecular flexibility index (Phi) is 6.73. The van der Waals surface area contributed by atoms with Crippen molar-refractivity contribution in [2.75, 3.05) is 33.3 Å². The van der Waals surface area contributed by atoms with Gasteiger partial charge in [-0.05, 0) is 51.5 Å². The van der Waals surface area contributed by atoms with Crippen LogP contribution in [-0.4, -0.2) is 55.9 Å². The van der Waals surface area contributed by atoms with Crippen molar-refractivity contribution < 1.29 is 28.5 Å². The number of benzene rings is 1. The second-order valence-electron chi connectivity index (χ2n) is 8.31. The van der Waals surface area contributed by atoms with Crippen LogP contribution in [0.2, 0.25) is 0 Å². The molecule has 2 heterocycles. The van der Waals surface area contributed by atoms with Crippen molar-refractivity contribution in [3.63, 3.8) is 0 Å². The van der Waals surface area contributed by atoms with E-state index in [1.807, 2.05) is 20.8 Å². The Hall–Kier alpha value is -2.51. The van der Waals surface area contributed by atoms with Gasteiger partial charge in [0.2, 0.25) is 5.78 Å². The van der Waals surface area contributed by atoms with Crippen LogP contribution in [0, 0.1) is 19.7 Å². The third-order valence-electron chi connectivity index (χ3n) is 6.32. The maximum Gasteiger partial charge on any atom is 0.235 e. The van der Waals surface area contributed by atoms with E-state index >= 15 is 0 Å². The van der Waals surface area contributed by atoms with Crippen molar-refractivity contribution >= 4 is 11.6 Å². The molecule has 0 spiro atoms. The number of H-pyrrole nitrogens is 1. The number of carbonyl (C=O) groups excluding carboxylic acids is 2. The summed E-state index contributed by atoms with van der Waals surface area (Å²) in [5.41, 5.74) is 3.55. The van der Waals surface area contributed by atoms with Crippen molar-refractivity contribution in [1.82, 2.24) is 4.98 Å². The fraction of sp³-hybridized carbons (Fsp3) is 0.478. The minimum absolute atomic E-state index is 0.0229. The highest BCUT2D eigenvalue weighted by atomic mass is 19.1. The molecule has 7 heteroatoms. The number of hydrogen-bond acceptors (Lipinski definition) is 3. The smallest absolute Gasteiger partial charge is 0.235 e. The number of aryl methyl sites for hydroxylation is 1. The molecule has 3 N–H and O–H groups in total. The van der Waals surface area contributed by atoms with E-state index in [4.69, 9.17) is 4.74 Å². The molecular formula is C23H32FN3O3+2. The van der Waals surface area contributed by atoms with Gasteiger partial charge < -0.3 is 19.5 Å². The molecule has 2 aromatic rings. The number of ketones is 2. The van der Waals surface area contributed by atoms with Crippen LogP contribution < -0.4 is 14.5 Å². The lowest BCUT2D eigenvalue weighted by Gasteiger charge is -2.32. The molecule has 0 saturated carbocycles. The zero-order chi connectivity index (χ0) is 22.0. The van der Waals surface area contributed by atoms with Crippen LogP contribution in [0.25, 0.3) is 0 Å². The van der Waals surface area contributed by atoms with Gasteiger partial charge in [0.05, 0.1) is 18.4 Å². The Balaban J connectivity index is 1.64. The average Bonchev–Trinajstić information content (AvgIpc) is 3.01. The van der Waals surface area contributed by atoms with Crippen molar-refractivity contribution in [3.8, 4) is 5.75 Å². The van der Waals surface area contributed by atoms with E-state index in [1.165, 1.54) is 22.8 Å². The monoisotopic (exact) mass is 417 g/mol. The maximum absolute atomic E-state index is 13.6. The topological polar surface area (TPSA) is 68.0 Å². The molecule has 6 nitrogen and oxygen atoms in total. The highest BCUT2D eigenvalue weighted by molar-refractivity contribution is 6.04. The standard InChI is InChI=1S/C23H30FN3O3/c1-14-21(17(4)28)15(2)25-22(14)23(29)16(3)27-10-8-26(9-11-27)13-18-12-19(24)6-7-20(18)30-5/h6-7,12,16,25H,8-11,13H2,1-5H3/p+2/t16-/m1/s1. The van der Waals surface area contributed by atoms with Gasteiger partial charge in [0.1, 0.15) is 44.3 Å². The number of aromatic nitrogens is 1. The van der Waals surface area contributed by atoms with Crippen LogP contribution in [0.4, 0.5) is 4.39 Å². The number of hydrogen-bond donors (Lipinski definition) is 3. The normalized spacial score (nSPS) is 20.1. The van der Waals surface area contributed by atoms with Crippen LogP contribution in [0.15, 0.2) is 18.2 Å². The number of carbonyl (C=O) groups is 2. The SMILES string of the molecule is COc1ccc(F)cc1C[NH+]1CC[NH+]([C@H](C)C(=O)c2[nH]c(C)c(C(C)=O)c2C)CC1. The number of piperazine rings is 1. The molecule has 1 aromatic heterocycles. The lowest BCUT2D eigenvalue weighted by atomic mass is 10.0. The first-order chi connectivity index (χ1) is 14.2. The fourth-order valence-corrected chi connectivity index (χ4v) is 4.62. The number of Topliss-reactive ketones (excluding diaryl/α,β-unsaturated/α-hetero) is 2. The predicted molar refractivity (Wildman–Crippen MR) is 112 cm³/mol. The Morgan fingerprint density at radius 2 is 1.87 bits per heavy atom. The van der Waals surface area contributed by atoms with E-state index in [1.54, 1.807) is 19.2 Å². The number of rotatable bonds is 7. The molecule has 1 aliphatic heterocycles. The van der Waals surface area contributed by atoms with E-state index in [-0.39, 0.29) is 23.4 Å². The van der Waals surface area contributed by atoms with Crippen LogP contribution in [0.5, 0.6) is 5.75 Å². The maximum atomic E-state index is 13.6. The van der Waals surface area contributed by atoms with Gasteiger partial charge in [-0.3, -0.25) is 9.59 Å². The van der Waals surface area contributed by atoms with Crippen molar-refractivity contribution in [2.45, 2.75) is 40.3 Å². The Bertz CT molecular complexity index is 945. The summed E-state index contributed by atoms with van der Waals surface area (Å²) in [6, 6.07) is 4.43. The number of aromatic amines is 1. The van der Waals surface area contributed by atoms with E-state index in [0.717, 1.165) is 43.0 Å². The summed E-state index contributed by atoms with van der Waals surface area (Å²) < 4.78 is 19.0. The second kappa shape index (κ2) is 9.10. The first-order valence-corrected chi connectivity index (χ1v) is 10.5. The van der Waals surface area contributed by atoms with Crippen LogP contribution in [-0.2, 0) is 6.54 Å². The number of nitrogens with one attached hydrogen (secondary N) is 3. The van der Waals surface area contributed by atoms with E-state index < -0.39 is 0 Å². The first-order valence-electron chi connectivity index (χ1n) is 10.5. The second-order valence-corrected chi connectivity index (χ2v) is 8.31. The van der Waals surface area contributed by atoms with Gasteiger partial charge in [-0.25, -0.2) is 4.39 Å². The lowest BCUT2D eigenvalue weighted by Crippen LogP contribution is -3.29. The van der Waals surface area contributed by atoms with Crippen molar-refractivity contribution in [3.05, 3.63) is 52.1 Å². The van der Waals surface area contributed by atoms with Gasteiger partial charge in [0.25, 0.3) is 0 Å². The van der Waals surface area contributed by atoms with Gasteiger partial charge >= 0.3 is 0 Å². The zero-order valence-electron chi connectivity index (χ0n) is 18.4. The van der Waals surface area contributed by atoms with E-state index in [0.29, 0.717) is 23.6 Å². The van der Waals surface area contributed by atoms with Gasteiger partial charge in [-0.1, -0.05) is 0 Å². The third kappa shape index (κ3) is 4.47. The molecule has 1 aromatic carbocycles. The van der Waals surface area contributed by atoms with Crippen molar-refractivity contribution in [2.24, 2.45) is 0 Å². The molecule has 0 unspecified atom stereocenters. The predicted octanol–water partition coefficient (Wildman–Crippen LogP) is 0.537. The van der Waals surface area contributed by atoms with Crippen LogP contribution >= 0.6 is 0 Å². The number of quaternary nitrogens is 2. The molecule has 1 saturated heterocycles. The summed E-state index contributed by atoms with van der Waals surface area (Å²) in [6.07, 6.45) is 0. The lowest BCUT2D eigenvalue weighted by molar-refractivity contribution is -1.02. The third-order valence-corrected chi connectivity index (χ3v) is 6.32. The van der Waals surface area contributed by atoms with Crippen molar-refractivity contribution in [1.29, 1.82) is 0 Å². The highest BCUT2D eigenvalue weighted by Crippen LogP contribution is 2.20. The van der Waals surface area contributed by atoms with Gasteiger partial charge in [-0.15, -0.1) is 0 Å². The Morgan fingerprint density at radius 1 is 1.20 bits per heavy atom. The molecule has 0 amide bonds. The summed E-state index contributed by atoms with van der Waals surface area (Å²) in [4.78, 5) is 30.7. The summed E-state index contributed by atoms with van der Waals surface area (Å²) in [5.74, 6) is 0.481. The van der Waals surface area contributed by atoms with E-state index in [2.05, 4.69) is 4.98 Å². The minimum Gasteiger partial charge on any atom is -0.496 e. The molecule has 1 fully saturated rings. The summed E-state index contributed by atoms with van der Waals surface area (Å²) >= 11 is 0. The zero-order valence-corrected chi connectivity index (χ0v) is 18.4. The van der Waals surface area contributed by atoms with Gasteiger partial charge in [-0.2, -0.15) is 0 Å². The number of methoxy groups -OCH3 is 1. The Labute approximate surface area is 177 Å². The van der Waals surface area contributed by atoms with Crippen LogP contribution in [0.3, 0.4) is 0 Å². The number of halogens is 1. The molecule has 1 aliphatic rings. The molecule has 162 valence electrons. The quantitative estimate of drug-likeness (QED) is 0.576. The summed E-state index contributed by atoms with van der Waals surface area (Å²) in [7, 11) is 1.60. The molecule has 1 atom stereocenters. The number of ether oxygens (including phenoxy) is 1. The highest BCUT2D eigenvalue weighted by Gasteiger charge is 2.34. The summed E-state index contributed by atoms with van der Waals surface area (Å²) in [5, 5.41) is 0. The molecule has 0 bridgehead atoms.